The Morgan fingerprint density at radius 3 is 2.62 bits per heavy atom. The zero-order chi connectivity index (χ0) is 11.9. The number of thioether (sulfide) groups is 1. The number of amidine groups is 1. The van der Waals surface area contributed by atoms with Gasteiger partial charge in [0.1, 0.15) is 23.7 Å². The van der Waals surface area contributed by atoms with Crippen molar-refractivity contribution in [2.24, 2.45) is 4.99 Å². The van der Waals surface area contributed by atoms with Crippen molar-refractivity contribution in [2.45, 2.75) is 43.1 Å². The van der Waals surface area contributed by atoms with Crippen molar-refractivity contribution in [3.63, 3.8) is 0 Å². The molecule has 1 fully saturated rings. The lowest BCUT2D eigenvalue weighted by Crippen LogP contribution is -2.54. The van der Waals surface area contributed by atoms with Gasteiger partial charge in [-0.2, -0.15) is 0 Å². The van der Waals surface area contributed by atoms with Crippen LogP contribution in [0, 0.1) is 0 Å². The average Bonchev–Trinajstić information content (AvgIpc) is 2.67. The Bertz CT molecular complexity index is 298. The molecule has 2 aliphatic rings. The first kappa shape index (κ1) is 12.2. The fourth-order valence-electron chi connectivity index (χ4n) is 1.97. The monoisotopic (exact) mass is 246 g/mol. The standard InChI is InChI=1S/C10H18N2O3S/c1-4-5-7(13)8(14)6-9(15-5)16-10(11-6)12(2)3/h5-9,13-14H,4H2,1-3H3. The molecule has 2 rings (SSSR count). The van der Waals surface area contributed by atoms with Gasteiger partial charge in [-0.25, -0.2) is 0 Å². The lowest BCUT2D eigenvalue weighted by molar-refractivity contribution is -0.153. The number of hydrogen-bond donors (Lipinski definition) is 2. The summed E-state index contributed by atoms with van der Waals surface area (Å²) in [5, 5.41) is 20.7. The number of ether oxygens (including phenoxy) is 1. The van der Waals surface area contributed by atoms with Crippen molar-refractivity contribution in [3.05, 3.63) is 0 Å². The van der Waals surface area contributed by atoms with Crippen LogP contribution in [0.3, 0.4) is 0 Å². The number of fused-ring (bicyclic) bond motifs is 1. The summed E-state index contributed by atoms with van der Waals surface area (Å²) in [4.78, 5) is 6.28. The van der Waals surface area contributed by atoms with Crippen molar-refractivity contribution in [1.29, 1.82) is 0 Å². The summed E-state index contributed by atoms with van der Waals surface area (Å²) in [6.45, 7) is 1.94. The number of aliphatic imine (C=N–C) groups is 1. The lowest BCUT2D eigenvalue weighted by atomic mass is 9.97. The van der Waals surface area contributed by atoms with Crippen molar-refractivity contribution in [3.8, 4) is 0 Å². The minimum atomic E-state index is -0.836. The molecule has 0 aromatic carbocycles. The van der Waals surface area contributed by atoms with E-state index in [0.29, 0.717) is 6.42 Å². The van der Waals surface area contributed by atoms with Crippen molar-refractivity contribution >= 4 is 16.9 Å². The first-order valence-electron chi connectivity index (χ1n) is 5.48. The summed E-state index contributed by atoms with van der Waals surface area (Å²) in [6.07, 6.45) is -1.26. The van der Waals surface area contributed by atoms with Crippen LogP contribution < -0.4 is 0 Å². The van der Waals surface area contributed by atoms with Gasteiger partial charge in [0.25, 0.3) is 0 Å². The van der Waals surface area contributed by atoms with Crippen LogP contribution in [0.4, 0.5) is 0 Å². The summed E-state index contributed by atoms with van der Waals surface area (Å²) in [6, 6.07) is -0.347. The largest absolute Gasteiger partial charge is 0.388 e. The van der Waals surface area contributed by atoms with Gasteiger partial charge < -0.3 is 19.8 Å². The summed E-state index contributed by atoms with van der Waals surface area (Å²) < 4.78 is 5.73. The third-order valence-electron chi connectivity index (χ3n) is 2.93. The third kappa shape index (κ3) is 1.95. The van der Waals surface area contributed by atoms with Gasteiger partial charge >= 0.3 is 0 Å². The Morgan fingerprint density at radius 1 is 1.38 bits per heavy atom. The van der Waals surface area contributed by atoms with E-state index in [1.54, 1.807) is 0 Å². The molecule has 0 aromatic heterocycles. The van der Waals surface area contributed by atoms with Crippen LogP contribution in [-0.2, 0) is 4.74 Å². The highest BCUT2D eigenvalue weighted by Gasteiger charge is 2.47. The number of aliphatic hydroxyl groups is 2. The summed E-state index contributed by atoms with van der Waals surface area (Å²) >= 11 is 1.51. The number of rotatable bonds is 1. The molecule has 0 aliphatic carbocycles. The molecule has 5 unspecified atom stereocenters. The molecule has 2 aliphatic heterocycles. The molecule has 5 atom stereocenters. The van der Waals surface area contributed by atoms with Crippen LogP contribution >= 0.6 is 11.8 Å². The van der Waals surface area contributed by atoms with Gasteiger partial charge in [0.2, 0.25) is 0 Å². The predicted molar refractivity (Wildman–Crippen MR) is 63.5 cm³/mol. The molecule has 0 amide bonds. The smallest absolute Gasteiger partial charge is 0.161 e. The minimum Gasteiger partial charge on any atom is -0.388 e. The maximum absolute atomic E-state index is 9.98. The molecule has 1 saturated heterocycles. The molecule has 0 bridgehead atoms. The van der Waals surface area contributed by atoms with Crippen LogP contribution in [0.15, 0.2) is 4.99 Å². The highest BCUT2D eigenvalue weighted by Crippen LogP contribution is 2.37. The molecule has 5 nitrogen and oxygen atoms in total. The predicted octanol–water partition coefficient (Wildman–Crippen LogP) is -0.124. The Balaban J connectivity index is 2.14. The second-order valence-electron chi connectivity index (χ2n) is 4.35. The second-order valence-corrected chi connectivity index (χ2v) is 5.41. The van der Waals surface area contributed by atoms with E-state index in [2.05, 4.69) is 4.99 Å². The fraction of sp³-hybridized carbons (Fsp3) is 0.900. The summed E-state index contributed by atoms with van der Waals surface area (Å²) in [5.41, 5.74) is -0.166. The molecule has 0 radical (unpaired) electrons. The summed E-state index contributed by atoms with van der Waals surface area (Å²) in [7, 11) is 3.81. The van der Waals surface area contributed by atoms with E-state index in [0.717, 1.165) is 5.17 Å². The molecule has 2 heterocycles. The van der Waals surface area contributed by atoms with E-state index in [9.17, 15) is 10.2 Å². The van der Waals surface area contributed by atoms with Gasteiger partial charge in [-0.3, -0.25) is 4.99 Å². The molecular formula is C10H18N2O3S. The van der Waals surface area contributed by atoms with E-state index in [4.69, 9.17) is 4.74 Å². The second kappa shape index (κ2) is 4.52. The zero-order valence-corrected chi connectivity index (χ0v) is 10.5. The third-order valence-corrected chi connectivity index (χ3v) is 4.24. The van der Waals surface area contributed by atoms with Crippen LogP contribution in [-0.4, -0.2) is 64.2 Å². The fourth-order valence-corrected chi connectivity index (χ4v) is 3.13. The quantitative estimate of drug-likeness (QED) is 0.675. The van der Waals surface area contributed by atoms with Crippen LogP contribution in [0.1, 0.15) is 13.3 Å². The number of hydrogen-bond acceptors (Lipinski definition) is 6. The van der Waals surface area contributed by atoms with Crippen molar-refractivity contribution in [2.75, 3.05) is 14.1 Å². The zero-order valence-electron chi connectivity index (χ0n) is 9.70. The van der Waals surface area contributed by atoms with Gasteiger partial charge in [0.05, 0.1) is 6.10 Å². The Hall–Kier alpha value is -0.300. The van der Waals surface area contributed by atoms with E-state index < -0.39 is 12.2 Å². The Morgan fingerprint density at radius 2 is 2.06 bits per heavy atom. The Labute approximate surface area is 99.5 Å². The van der Waals surface area contributed by atoms with Crippen LogP contribution in [0.5, 0.6) is 0 Å². The van der Waals surface area contributed by atoms with Crippen LogP contribution in [0.25, 0.3) is 0 Å². The van der Waals surface area contributed by atoms with E-state index >= 15 is 0 Å². The molecule has 0 saturated carbocycles. The first-order chi connectivity index (χ1) is 7.54. The van der Waals surface area contributed by atoms with Gasteiger partial charge in [-0.15, -0.1) is 0 Å². The SMILES string of the molecule is CCC1OC2SC(N(C)C)=NC2C(O)C1O. The molecule has 0 spiro atoms. The summed E-state index contributed by atoms with van der Waals surface area (Å²) in [5.74, 6) is 0. The van der Waals surface area contributed by atoms with E-state index in [1.807, 2.05) is 25.9 Å². The van der Waals surface area contributed by atoms with Gasteiger partial charge in [-0.1, -0.05) is 18.7 Å². The molecule has 6 heteroatoms. The van der Waals surface area contributed by atoms with Gasteiger partial charge in [-0.05, 0) is 6.42 Å². The van der Waals surface area contributed by atoms with Crippen LogP contribution in [0.2, 0.25) is 0 Å². The maximum atomic E-state index is 9.98. The number of nitrogens with zero attached hydrogens (tertiary/aromatic N) is 2. The number of aliphatic hydroxyl groups excluding tert-OH is 2. The van der Waals surface area contributed by atoms with Gasteiger partial charge in [0.15, 0.2) is 5.17 Å². The van der Waals surface area contributed by atoms with E-state index in [-0.39, 0.29) is 17.6 Å². The first-order valence-corrected chi connectivity index (χ1v) is 6.36. The average molecular weight is 246 g/mol. The highest BCUT2D eigenvalue weighted by atomic mass is 32.2. The molecular weight excluding hydrogens is 228 g/mol. The molecule has 0 aromatic rings. The van der Waals surface area contributed by atoms with E-state index in [1.165, 1.54) is 11.8 Å². The molecule has 2 N–H and O–H groups in total. The Kier molecular flexibility index (Phi) is 3.44. The topological polar surface area (TPSA) is 65.3 Å². The van der Waals surface area contributed by atoms with Crippen molar-refractivity contribution in [1.82, 2.24) is 4.90 Å². The molecule has 16 heavy (non-hydrogen) atoms. The molecule has 92 valence electrons. The normalized spacial score (nSPS) is 42.8. The minimum absolute atomic E-state index is 0.166. The highest BCUT2D eigenvalue weighted by molar-refractivity contribution is 8.14. The van der Waals surface area contributed by atoms with Crippen molar-refractivity contribution < 1.29 is 14.9 Å². The maximum Gasteiger partial charge on any atom is 0.161 e. The van der Waals surface area contributed by atoms with Gasteiger partial charge in [0, 0.05) is 14.1 Å². The lowest BCUT2D eigenvalue weighted by Gasteiger charge is -2.37.